The summed E-state index contributed by atoms with van der Waals surface area (Å²) in [6.07, 6.45) is 0. The first-order chi connectivity index (χ1) is 30.7. The highest BCUT2D eigenvalue weighted by molar-refractivity contribution is 7.25. The zero-order chi connectivity index (χ0) is 41.0. The van der Waals surface area contributed by atoms with E-state index >= 15 is 0 Å². The van der Waals surface area contributed by atoms with E-state index in [1.54, 1.807) is 0 Å². The summed E-state index contributed by atoms with van der Waals surface area (Å²) in [5, 5.41) is 4.99. The van der Waals surface area contributed by atoms with Gasteiger partial charge in [0.05, 0.1) is 16.7 Å². The van der Waals surface area contributed by atoms with Crippen molar-refractivity contribution in [3.8, 4) is 73.2 Å². The molecule has 62 heavy (non-hydrogen) atoms. The van der Waals surface area contributed by atoms with Gasteiger partial charge in [-0.15, -0.1) is 11.3 Å². The fraction of sp³-hybridized carbons (Fsp3) is 0. The molecule has 290 valence electrons. The molecule has 12 aromatic rings. The van der Waals surface area contributed by atoms with Crippen molar-refractivity contribution in [3.05, 3.63) is 218 Å². The molecule has 0 aliphatic rings. The zero-order valence-corrected chi connectivity index (χ0v) is 34.3. The van der Waals surface area contributed by atoms with Gasteiger partial charge < -0.3 is 4.57 Å². The maximum atomic E-state index is 5.32. The van der Waals surface area contributed by atoms with Crippen molar-refractivity contribution in [2.75, 3.05) is 0 Å². The largest absolute Gasteiger partial charge is 0.308 e. The lowest BCUT2D eigenvalue weighted by molar-refractivity contribution is 1.06. The molecule has 0 bridgehead atoms. The quantitative estimate of drug-likeness (QED) is 0.161. The van der Waals surface area contributed by atoms with Crippen molar-refractivity contribution >= 4 is 53.3 Å². The molecule has 3 aromatic heterocycles. The van der Waals surface area contributed by atoms with Gasteiger partial charge in [0.25, 0.3) is 0 Å². The Morgan fingerprint density at radius 2 is 0.742 bits per heavy atom. The molecule has 0 amide bonds. The molecule has 0 saturated heterocycles. The Morgan fingerprint density at radius 3 is 1.45 bits per heavy atom. The second kappa shape index (κ2) is 14.9. The third kappa shape index (κ3) is 6.26. The van der Waals surface area contributed by atoms with Crippen molar-refractivity contribution in [1.82, 2.24) is 19.5 Å². The number of fused-ring (bicyclic) bond motifs is 6. The Balaban J connectivity index is 1.03. The predicted octanol–water partition coefficient (Wildman–Crippen LogP) is 15.3. The van der Waals surface area contributed by atoms with Crippen LogP contribution in [0.15, 0.2) is 218 Å². The minimum Gasteiger partial charge on any atom is -0.308 e. The van der Waals surface area contributed by atoms with Gasteiger partial charge in [-0.25, -0.2) is 15.0 Å². The van der Waals surface area contributed by atoms with E-state index in [2.05, 4.69) is 205 Å². The van der Waals surface area contributed by atoms with Crippen LogP contribution in [0.4, 0.5) is 0 Å². The molecule has 5 heteroatoms. The highest BCUT2D eigenvalue weighted by atomic mass is 32.1. The third-order valence-corrected chi connectivity index (χ3v) is 13.0. The van der Waals surface area contributed by atoms with Gasteiger partial charge in [-0.1, -0.05) is 176 Å². The molecular formula is C57H36N4S. The van der Waals surface area contributed by atoms with Gasteiger partial charge in [-0.2, -0.15) is 0 Å². The standard InChI is InChI=1S/C57H36N4S/c1-3-14-37(15-4-1)41-18-13-19-42(34-41)43-31-33-49(52(35-43)61-50-23-10-7-20-45(50)46-21-8-11-24-51(46)61)57-59-55(39-16-5-2-6-17-39)58-56(60-57)40-28-26-38(27-29-40)44-30-32-48-47-22-9-12-25-53(47)62-54(48)36-44/h1-36H. The van der Waals surface area contributed by atoms with Crippen LogP contribution >= 0.6 is 11.3 Å². The summed E-state index contributed by atoms with van der Waals surface area (Å²) >= 11 is 1.84. The van der Waals surface area contributed by atoms with Crippen molar-refractivity contribution in [1.29, 1.82) is 0 Å². The molecule has 0 spiro atoms. The third-order valence-electron chi connectivity index (χ3n) is 11.9. The van der Waals surface area contributed by atoms with Crippen LogP contribution in [0, 0.1) is 0 Å². The summed E-state index contributed by atoms with van der Waals surface area (Å²) in [6, 6.07) is 77.6. The Morgan fingerprint density at radius 1 is 0.290 bits per heavy atom. The average Bonchev–Trinajstić information content (AvgIpc) is 3.90. The Kier molecular flexibility index (Phi) is 8.65. The summed E-state index contributed by atoms with van der Waals surface area (Å²) in [4.78, 5) is 15.7. The number of nitrogens with zero attached hydrogens (tertiary/aromatic N) is 4. The molecule has 0 atom stereocenters. The maximum absolute atomic E-state index is 5.32. The molecule has 0 aliphatic carbocycles. The topological polar surface area (TPSA) is 43.6 Å². The number of para-hydroxylation sites is 2. The van der Waals surface area contributed by atoms with E-state index in [1.807, 2.05) is 29.5 Å². The normalized spacial score (nSPS) is 11.5. The van der Waals surface area contributed by atoms with Gasteiger partial charge in [-0.05, 0) is 75.8 Å². The van der Waals surface area contributed by atoms with Crippen molar-refractivity contribution in [3.63, 3.8) is 0 Å². The van der Waals surface area contributed by atoms with Crippen LogP contribution in [0.5, 0.6) is 0 Å². The minimum atomic E-state index is 0.606. The van der Waals surface area contributed by atoms with Crippen LogP contribution in [0.1, 0.15) is 0 Å². The van der Waals surface area contributed by atoms with E-state index in [0.29, 0.717) is 17.5 Å². The molecule has 12 rings (SSSR count). The number of hydrogen-bond acceptors (Lipinski definition) is 4. The van der Waals surface area contributed by atoms with Crippen LogP contribution in [-0.2, 0) is 0 Å². The highest BCUT2D eigenvalue weighted by Crippen LogP contribution is 2.40. The molecule has 0 unspecified atom stereocenters. The molecule has 0 radical (unpaired) electrons. The number of hydrogen-bond donors (Lipinski definition) is 0. The fourth-order valence-corrected chi connectivity index (χ4v) is 9.98. The van der Waals surface area contributed by atoms with E-state index in [4.69, 9.17) is 15.0 Å². The monoisotopic (exact) mass is 808 g/mol. The van der Waals surface area contributed by atoms with E-state index < -0.39 is 0 Å². The fourth-order valence-electron chi connectivity index (χ4n) is 8.84. The van der Waals surface area contributed by atoms with E-state index in [0.717, 1.165) is 50.1 Å². The van der Waals surface area contributed by atoms with Crippen molar-refractivity contribution in [2.24, 2.45) is 0 Å². The van der Waals surface area contributed by atoms with Crippen molar-refractivity contribution in [2.45, 2.75) is 0 Å². The van der Waals surface area contributed by atoms with E-state index in [1.165, 1.54) is 47.6 Å². The summed E-state index contributed by atoms with van der Waals surface area (Å²) < 4.78 is 4.97. The SMILES string of the molecule is c1ccc(-c2cccc(-c3ccc(-c4nc(-c5ccccc5)nc(-c5ccc(-c6ccc7c(c6)sc6ccccc67)cc5)n4)c(-n4c5ccccc5c5ccccc54)c3)c2)cc1. The predicted molar refractivity (Wildman–Crippen MR) is 260 cm³/mol. The molecule has 4 nitrogen and oxygen atoms in total. The molecular weight excluding hydrogens is 773 g/mol. The number of benzene rings is 9. The molecule has 0 N–H and O–H groups in total. The number of aromatic nitrogens is 4. The molecule has 0 aliphatic heterocycles. The molecule has 0 saturated carbocycles. The van der Waals surface area contributed by atoms with Gasteiger partial charge in [0.1, 0.15) is 0 Å². The summed E-state index contributed by atoms with van der Waals surface area (Å²) in [7, 11) is 0. The average molecular weight is 809 g/mol. The lowest BCUT2D eigenvalue weighted by Gasteiger charge is -2.17. The minimum absolute atomic E-state index is 0.606. The second-order valence-corrected chi connectivity index (χ2v) is 16.7. The Hall–Kier alpha value is -7.99. The lowest BCUT2D eigenvalue weighted by atomic mass is 9.97. The molecule has 9 aromatic carbocycles. The van der Waals surface area contributed by atoms with E-state index in [9.17, 15) is 0 Å². The van der Waals surface area contributed by atoms with Crippen LogP contribution in [0.3, 0.4) is 0 Å². The van der Waals surface area contributed by atoms with Crippen LogP contribution in [-0.4, -0.2) is 19.5 Å². The first kappa shape index (κ1) is 35.9. The maximum Gasteiger partial charge on any atom is 0.166 e. The van der Waals surface area contributed by atoms with Crippen LogP contribution < -0.4 is 0 Å². The second-order valence-electron chi connectivity index (χ2n) is 15.6. The van der Waals surface area contributed by atoms with Crippen molar-refractivity contribution < 1.29 is 0 Å². The summed E-state index contributed by atoms with van der Waals surface area (Å²) in [5.74, 6) is 1.85. The summed E-state index contributed by atoms with van der Waals surface area (Å²) in [5.41, 5.74) is 12.9. The first-order valence-electron chi connectivity index (χ1n) is 20.8. The Bertz CT molecular complexity index is 3570. The van der Waals surface area contributed by atoms with Gasteiger partial charge in [0.2, 0.25) is 0 Å². The van der Waals surface area contributed by atoms with Crippen LogP contribution in [0.2, 0.25) is 0 Å². The van der Waals surface area contributed by atoms with Gasteiger partial charge in [0, 0.05) is 47.6 Å². The first-order valence-corrected chi connectivity index (χ1v) is 21.7. The van der Waals surface area contributed by atoms with Crippen LogP contribution in [0.25, 0.3) is 115 Å². The highest BCUT2D eigenvalue weighted by Gasteiger charge is 2.20. The lowest BCUT2D eigenvalue weighted by Crippen LogP contribution is -2.04. The molecule has 0 fully saturated rings. The van der Waals surface area contributed by atoms with E-state index in [-0.39, 0.29) is 0 Å². The summed E-state index contributed by atoms with van der Waals surface area (Å²) in [6.45, 7) is 0. The van der Waals surface area contributed by atoms with Gasteiger partial charge in [0.15, 0.2) is 17.5 Å². The zero-order valence-electron chi connectivity index (χ0n) is 33.5. The Labute approximate surface area is 362 Å². The van der Waals surface area contributed by atoms with Gasteiger partial charge in [-0.3, -0.25) is 0 Å². The number of thiophene rings is 1. The smallest absolute Gasteiger partial charge is 0.166 e. The molecule has 3 heterocycles. The van der Waals surface area contributed by atoms with Gasteiger partial charge >= 0.3 is 0 Å². The number of rotatable bonds is 7.